The van der Waals surface area contributed by atoms with E-state index in [1.54, 1.807) is 17.0 Å². The fourth-order valence-electron chi connectivity index (χ4n) is 4.13. The third-order valence-electron chi connectivity index (χ3n) is 5.89. The first-order valence-electron chi connectivity index (χ1n) is 11.2. The molecule has 0 saturated heterocycles. The van der Waals surface area contributed by atoms with Crippen molar-refractivity contribution in [1.29, 1.82) is 0 Å². The minimum atomic E-state index is -1.12. The van der Waals surface area contributed by atoms with Gasteiger partial charge in [0.15, 0.2) is 0 Å². The number of carbonyl (C=O) groups is 2. The Morgan fingerprint density at radius 2 is 1.72 bits per heavy atom. The van der Waals surface area contributed by atoms with Gasteiger partial charge in [-0.1, -0.05) is 34.8 Å². The minimum Gasteiger partial charge on any atom is -0.478 e. The number of amides is 1. The van der Waals surface area contributed by atoms with Crippen molar-refractivity contribution in [2.75, 3.05) is 5.32 Å². The van der Waals surface area contributed by atoms with E-state index in [-0.39, 0.29) is 58.1 Å². The summed E-state index contributed by atoms with van der Waals surface area (Å²) in [6.07, 6.45) is 0.279. The summed E-state index contributed by atoms with van der Waals surface area (Å²) in [6, 6.07) is 8.50. The molecule has 0 bridgehead atoms. The number of fused-ring (bicyclic) bond motifs is 1. The fraction of sp³-hybridized carbons (Fsp3) is 0.280. The molecule has 0 saturated carbocycles. The zero-order valence-electron chi connectivity index (χ0n) is 19.7. The predicted octanol–water partition coefficient (Wildman–Crippen LogP) is 5.30. The van der Waals surface area contributed by atoms with E-state index in [2.05, 4.69) is 5.32 Å². The lowest BCUT2D eigenvalue weighted by molar-refractivity contribution is 0.0651. The molecule has 11 heteroatoms. The molecule has 1 amide bonds. The summed E-state index contributed by atoms with van der Waals surface area (Å²) in [5.41, 5.74) is 1.32. The molecule has 1 aliphatic rings. The van der Waals surface area contributed by atoms with Crippen molar-refractivity contribution < 1.29 is 14.7 Å². The highest BCUT2D eigenvalue weighted by atomic mass is 35.5. The van der Waals surface area contributed by atoms with Gasteiger partial charge in [0.05, 0.1) is 38.6 Å². The predicted molar refractivity (Wildman–Crippen MR) is 140 cm³/mol. The van der Waals surface area contributed by atoms with E-state index in [1.165, 1.54) is 28.8 Å². The molecule has 3 aromatic rings. The zero-order chi connectivity index (χ0) is 26.3. The fourth-order valence-corrected chi connectivity index (χ4v) is 4.69. The van der Waals surface area contributed by atoms with E-state index in [4.69, 9.17) is 39.8 Å². The lowest BCUT2D eigenvalue weighted by Crippen LogP contribution is -2.46. The number of carbonyl (C=O) groups excluding carboxylic acids is 1. The Kier molecular flexibility index (Phi) is 7.31. The second-order valence-corrected chi connectivity index (χ2v) is 10.1. The minimum absolute atomic E-state index is 0.00571. The number of halogens is 3. The van der Waals surface area contributed by atoms with Gasteiger partial charge < -0.3 is 15.3 Å². The number of hydrogen-bond acceptors (Lipinski definition) is 5. The van der Waals surface area contributed by atoms with Crippen LogP contribution in [0.2, 0.25) is 15.1 Å². The summed E-state index contributed by atoms with van der Waals surface area (Å²) in [5, 5.41) is 13.2. The van der Waals surface area contributed by atoms with Crippen LogP contribution in [0.15, 0.2) is 41.2 Å². The van der Waals surface area contributed by atoms with Crippen LogP contribution >= 0.6 is 34.8 Å². The Bertz CT molecular complexity index is 1440. The molecule has 0 fully saturated rings. The molecule has 2 heterocycles. The number of rotatable bonds is 5. The highest BCUT2D eigenvalue weighted by Crippen LogP contribution is 2.29. The van der Waals surface area contributed by atoms with Crippen molar-refractivity contribution in [2.24, 2.45) is 0 Å². The van der Waals surface area contributed by atoms with Crippen LogP contribution in [0.1, 0.15) is 52.7 Å². The van der Waals surface area contributed by atoms with E-state index in [0.29, 0.717) is 27.5 Å². The van der Waals surface area contributed by atoms with Gasteiger partial charge in [-0.05, 0) is 63.6 Å². The van der Waals surface area contributed by atoms with Crippen molar-refractivity contribution in [3.05, 3.63) is 84.2 Å². The van der Waals surface area contributed by atoms with Gasteiger partial charge in [0.1, 0.15) is 0 Å². The number of hydrogen-bond donors (Lipinski definition) is 2. The second kappa shape index (κ2) is 10.1. The molecule has 36 heavy (non-hydrogen) atoms. The Morgan fingerprint density at radius 1 is 1.06 bits per heavy atom. The van der Waals surface area contributed by atoms with Crippen LogP contribution < -0.4 is 10.9 Å². The van der Waals surface area contributed by atoms with Crippen LogP contribution in [0.3, 0.4) is 0 Å². The molecule has 4 rings (SSSR count). The highest BCUT2D eigenvalue weighted by molar-refractivity contribution is 6.42. The van der Waals surface area contributed by atoms with Crippen LogP contribution in [0.25, 0.3) is 5.69 Å². The lowest BCUT2D eigenvalue weighted by Gasteiger charge is -2.35. The summed E-state index contributed by atoms with van der Waals surface area (Å²) >= 11 is 18.5. The van der Waals surface area contributed by atoms with Gasteiger partial charge in [0.25, 0.3) is 11.5 Å². The SMILES string of the molecule is CC(C)Nc1nc2c(c(=O)n1-c1ccc(C(=O)O)cc1Cl)C[C@@H](C)N(C(=O)c1ccc(Cl)c(Cl)c1)C2. The van der Waals surface area contributed by atoms with Crippen molar-refractivity contribution in [3.8, 4) is 5.69 Å². The molecule has 8 nitrogen and oxygen atoms in total. The molecule has 1 aromatic heterocycles. The second-order valence-electron chi connectivity index (χ2n) is 8.89. The van der Waals surface area contributed by atoms with Gasteiger partial charge in [0.2, 0.25) is 5.95 Å². The Balaban J connectivity index is 1.80. The van der Waals surface area contributed by atoms with Gasteiger partial charge >= 0.3 is 5.97 Å². The van der Waals surface area contributed by atoms with Crippen molar-refractivity contribution in [2.45, 2.75) is 45.8 Å². The highest BCUT2D eigenvalue weighted by Gasteiger charge is 2.32. The van der Waals surface area contributed by atoms with Crippen molar-refractivity contribution >= 4 is 52.6 Å². The Hall–Kier alpha value is -3.07. The number of nitrogens with one attached hydrogen (secondary N) is 1. The number of carboxylic acid groups (broad SMARTS) is 1. The molecule has 1 aliphatic heterocycles. The Morgan fingerprint density at radius 3 is 2.33 bits per heavy atom. The average Bonchev–Trinajstić information content (AvgIpc) is 2.81. The maximum atomic E-state index is 13.7. The van der Waals surface area contributed by atoms with E-state index in [1.807, 2.05) is 20.8 Å². The molecule has 188 valence electrons. The number of aromatic carboxylic acids is 1. The van der Waals surface area contributed by atoms with E-state index < -0.39 is 5.97 Å². The van der Waals surface area contributed by atoms with Gasteiger partial charge in [-0.2, -0.15) is 0 Å². The monoisotopic (exact) mass is 548 g/mol. The summed E-state index contributed by atoms with van der Waals surface area (Å²) in [6.45, 7) is 5.78. The van der Waals surface area contributed by atoms with Crippen molar-refractivity contribution in [1.82, 2.24) is 14.5 Å². The van der Waals surface area contributed by atoms with E-state index in [0.717, 1.165) is 0 Å². The summed E-state index contributed by atoms with van der Waals surface area (Å²) in [4.78, 5) is 44.7. The van der Waals surface area contributed by atoms with Gasteiger partial charge in [-0.15, -0.1) is 0 Å². The maximum Gasteiger partial charge on any atom is 0.335 e. The number of anilines is 1. The van der Waals surface area contributed by atoms with Crippen molar-refractivity contribution in [3.63, 3.8) is 0 Å². The molecule has 0 radical (unpaired) electrons. The standard InChI is InChI=1S/C25H23Cl3N4O4/c1-12(2)29-25-30-20-11-31(22(33)14-4-6-17(26)18(27)9-14)13(3)8-16(20)23(34)32(25)21-7-5-15(24(35)36)10-19(21)28/h4-7,9-10,12-13H,8,11H2,1-3H3,(H,29,30)(H,35,36)/t13-/m1/s1. The van der Waals surface area contributed by atoms with Crippen LogP contribution in [0.5, 0.6) is 0 Å². The lowest BCUT2D eigenvalue weighted by atomic mass is 9.98. The zero-order valence-corrected chi connectivity index (χ0v) is 21.9. The summed E-state index contributed by atoms with van der Waals surface area (Å²) in [5.74, 6) is -1.13. The van der Waals surface area contributed by atoms with Crippen LogP contribution in [-0.2, 0) is 13.0 Å². The maximum absolute atomic E-state index is 13.7. The molecule has 0 unspecified atom stereocenters. The quantitative estimate of drug-likeness (QED) is 0.448. The summed E-state index contributed by atoms with van der Waals surface area (Å²) < 4.78 is 1.36. The first kappa shape index (κ1) is 26.0. The number of aromatic nitrogens is 2. The van der Waals surface area contributed by atoms with Crippen LogP contribution in [-0.4, -0.2) is 43.5 Å². The molecular formula is C25H23Cl3N4O4. The Labute approximate surface area is 222 Å². The first-order valence-corrected chi connectivity index (χ1v) is 12.3. The molecular weight excluding hydrogens is 527 g/mol. The van der Waals surface area contributed by atoms with E-state index in [9.17, 15) is 19.5 Å². The van der Waals surface area contributed by atoms with E-state index >= 15 is 0 Å². The molecule has 0 spiro atoms. The number of benzene rings is 2. The third kappa shape index (κ3) is 4.93. The van der Waals surface area contributed by atoms with Gasteiger partial charge in [-0.25, -0.2) is 14.3 Å². The molecule has 2 N–H and O–H groups in total. The topological polar surface area (TPSA) is 105 Å². The normalized spacial score (nSPS) is 15.1. The average molecular weight is 550 g/mol. The largest absolute Gasteiger partial charge is 0.478 e. The molecule has 0 aliphatic carbocycles. The first-order chi connectivity index (χ1) is 17.0. The molecule has 1 atom stereocenters. The van der Waals surface area contributed by atoms with Gasteiger partial charge in [0, 0.05) is 23.2 Å². The smallest absolute Gasteiger partial charge is 0.335 e. The number of carboxylic acids is 1. The molecule has 2 aromatic carbocycles. The van der Waals surface area contributed by atoms with Crippen LogP contribution in [0, 0.1) is 0 Å². The number of nitrogens with zero attached hydrogens (tertiary/aromatic N) is 3. The van der Waals surface area contributed by atoms with Gasteiger partial charge in [-0.3, -0.25) is 9.59 Å². The van der Waals surface area contributed by atoms with Crippen LogP contribution in [0.4, 0.5) is 5.95 Å². The summed E-state index contributed by atoms with van der Waals surface area (Å²) in [7, 11) is 0. The third-order valence-corrected chi connectivity index (χ3v) is 6.94.